The molecule has 1 aromatic heterocycles. The standard InChI is InChI=1S/C17H21NS/c1-2-6-15(7-3-1)17-11-10-16(19-17)13-18-12-4-5-14-8-9-14/h1-3,6-7,10-11,14,18H,4-5,8-9,12-13H2. The lowest BCUT2D eigenvalue weighted by molar-refractivity contribution is 0.596. The van der Waals surface area contributed by atoms with E-state index in [0.29, 0.717) is 0 Å². The van der Waals surface area contributed by atoms with Crippen LogP contribution in [-0.4, -0.2) is 6.54 Å². The Morgan fingerprint density at radius 2 is 1.89 bits per heavy atom. The Bertz CT molecular complexity index is 499. The van der Waals surface area contributed by atoms with Gasteiger partial charge in [-0.3, -0.25) is 0 Å². The van der Waals surface area contributed by atoms with Gasteiger partial charge < -0.3 is 5.32 Å². The van der Waals surface area contributed by atoms with Crippen LogP contribution in [0.5, 0.6) is 0 Å². The fourth-order valence-corrected chi connectivity index (χ4v) is 3.35. The van der Waals surface area contributed by atoms with E-state index in [1.807, 2.05) is 11.3 Å². The van der Waals surface area contributed by atoms with Gasteiger partial charge in [0.15, 0.2) is 0 Å². The molecule has 0 saturated heterocycles. The Labute approximate surface area is 119 Å². The molecule has 0 amide bonds. The van der Waals surface area contributed by atoms with Crippen LogP contribution in [0.2, 0.25) is 0 Å². The smallest absolute Gasteiger partial charge is 0.0346 e. The third kappa shape index (κ3) is 3.92. The van der Waals surface area contributed by atoms with Crippen LogP contribution in [0.25, 0.3) is 10.4 Å². The zero-order chi connectivity index (χ0) is 12.9. The van der Waals surface area contributed by atoms with Crippen molar-refractivity contribution in [3.63, 3.8) is 0 Å². The van der Waals surface area contributed by atoms with E-state index in [9.17, 15) is 0 Å². The summed E-state index contributed by atoms with van der Waals surface area (Å²) in [5.74, 6) is 1.06. The van der Waals surface area contributed by atoms with E-state index >= 15 is 0 Å². The fraction of sp³-hybridized carbons (Fsp3) is 0.412. The number of hydrogen-bond acceptors (Lipinski definition) is 2. The van der Waals surface area contributed by atoms with Crippen LogP contribution in [0.15, 0.2) is 42.5 Å². The minimum Gasteiger partial charge on any atom is -0.312 e. The monoisotopic (exact) mass is 271 g/mol. The third-order valence-corrected chi connectivity index (χ3v) is 4.82. The summed E-state index contributed by atoms with van der Waals surface area (Å²) in [4.78, 5) is 2.81. The molecule has 1 saturated carbocycles. The number of benzene rings is 1. The first-order valence-electron chi connectivity index (χ1n) is 7.27. The average molecular weight is 271 g/mol. The predicted molar refractivity (Wildman–Crippen MR) is 83.4 cm³/mol. The van der Waals surface area contributed by atoms with Crippen LogP contribution in [0.4, 0.5) is 0 Å². The van der Waals surface area contributed by atoms with Gasteiger partial charge in [0, 0.05) is 16.3 Å². The molecular formula is C17H21NS. The summed E-state index contributed by atoms with van der Waals surface area (Å²) in [6.07, 6.45) is 5.71. The summed E-state index contributed by atoms with van der Waals surface area (Å²) < 4.78 is 0. The summed E-state index contributed by atoms with van der Waals surface area (Å²) in [7, 11) is 0. The summed E-state index contributed by atoms with van der Waals surface area (Å²) in [5, 5.41) is 3.56. The first-order valence-corrected chi connectivity index (χ1v) is 8.08. The second kappa shape index (κ2) is 6.36. The average Bonchev–Trinajstić information content (AvgIpc) is 3.16. The third-order valence-electron chi connectivity index (χ3n) is 3.68. The molecule has 0 spiro atoms. The van der Waals surface area contributed by atoms with E-state index < -0.39 is 0 Å². The maximum Gasteiger partial charge on any atom is 0.0346 e. The number of thiophene rings is 1. The molecule has 1 nitrogen and oxygen atoms in total. The molecule has 0 unspecified atom stereocenters. The molecule has 19 heavy (non-hydrogen) atoms. The highest BCUT2D eigenvalue weighted by Gasteiger charge is 2.19. The van der Waals surface area contributed by atoms with E-state index in [1.54, 1.807) is 0 Å². The summed E-state index contributed by atoms with van der Waals surface area (Å²) in [6.45, 7) is 2.18. The topological polar surface area (TPSA) is 12.0 Å². The van der Waals surface area contributed by atoms with Crippen molar-refractivity contribution < 1.29 is 0 Å². The fourth-order valence-electron chi connectivity index (χ4n) is 2.36. The second-order valence-electron chi connectivity index (χ2n) is 5.39. The normalized spacial score (nSPS) is 14.7. The SMILES string of the molecule is c1ccc(-c2ccc(CNCCCC3CC3)s2)cc1. The minimum atomic E-state index is 1.02. The first-order chi connectivity index (χ1) is 9.42. The predicted octanol–water partition coefficient (Wildman–Crippen LogP) is 4.69. The molecule has 0 aliphatic heterocycles. The molecule has 100 valence electrons. The Hall–Kier alpha value is -1.12. The van der Waals surface area contributed by atoms with Gasteiger partial charge >= 0.3 is 0 Å². The largest absolute Gasteiger partial charge is 0.312 e. The van der Waals surface area contributed by atoms with Crippen LogP contribution in [-0.2, 0) is 6.54 Å². The first kappa shape index (κ1) is 12.9. The molecule has 3 rings (SSSR count). The van der Waals surface area contributed by atoms with Gasteiger partial charge in [-0.2, -0.15) is 0 Å². The zero-order valence-electron chi connectivity index (χ0n) is 11.3. The molecule has 1 aromatic carbocycles. The summed E-state index contributed by atoms with van der Waals surface area (Å²) >= 11 is 1.90. The number of hydrogen-bond donors (Lipinski definition) is 1. The summed E-state index contributed by atoms with van der Waals surface area (Å²) in [6, 6.07) is 15.1. The van der Waals surface area contributed by atoms with Crippen LogP contribution < -0.4 is 5.32 Å². The molecule has 2 heteroatoms. The van der Waals surface area contributed by atoms with Crippen molar-refractivity contribution in [3.8, 4) is 10.4 Å². The van der Waals surface area contributed by atoms with E-state index in [1.165, 1.54) is 41.0 Å². The molecule has 0 atom stereocenters. The van der Waals surface area contributed by atoms with Crippen molar-refractivity contribution in [3.05, 3.63) is 47.3 Å². The van der Waals surface area contributed by atoms with Gasteiger partial charge in [-0.1, -0.05) is 43.2 Å². The van der Waals surface area contributed by atoms with Crippen LogP contribution in [0, 0.1) is 5.92 Å². The highest BCUT2D eigenvalue weighted by Crippen LogP contribution is 2.33. The molecule has 1 fully saturated rings. The Balaban J connectivity index is 1.45. The van der Waals surface area contributed by atoms with Gasteiger partial charge in [-0.05, 0) is 43.0 Å². The van der Waals surface area contributed by atoms with Crippen molar-refractivity contribution in [2.45, 2.75) is 32.2 Å². The highest BCUT2D eigenvalue weighted by molar-refractivity contribution is 7.15. The van der Waals surface area contributed by atoms with Crippen LogP contribution in [0.1, 0.15) is 30.6 Å². The maximum absolute atomic E-state index is 3.56. The van der Waals surface area contributed by atoms with Gasteiger partial charge in [0.2, 0.25) is 0 Å². The molecule has 1 aliphatic carbocycles. The van der Waals surface area contributed by atoms with Crippen molar-refractivity contribution in [2.75, 3.05) is 6.54 Å². The van der Waals surface area contributed by atoms with Crippen molar-refractivity contribution >= 4 is 11.3 Å². The van der Waals surface area contributed by atoms with Gasteiger partial charge in [-0.25, -0.2) is 0 Å². The Morgan fingerprint density at radius 3 is 2.68 bits per heavy atom. The molecule has 1 N–H and O–H groups in total. The van der Waals surface area contributed by atoms with Crippen LogP contribution >= 0.6 is 11.3 Å². The van der Waals surface area contributed by atoms with Crippen molar-refractivity contribution in [1.29, 1.82) is 0 Å². The molecule has 0 bridgehead atoms. The molecule has 1 heterocycles. The van der Waals surface area contributed by atoms with Crippen LogP contribution in [0.3, 0.4) is 0 Å². The molecule has 1 aliphatic rings. The Morgan fingerprint density at radius 1 is 1.05 bits per heavy atom. The van der Waals surface area contributed by atoms with Gasteiger partial charge in [0.25, 0.3) is 0 Å². The summed E-state index contributed by atoms with van der Waals surface area (Å²) in [5.41, 5.74) is 1.33. The quantitative estimate of drug-likeness (QED) is 0.720. The zero-order valence-corrected chi connectivity index (χ0v) is 12.1. The van der Waals surface area contributed by atoms with Gasteiger partial charge in [-0.15, -0.1) is 11.3 Å². The molecular weight excluding hydrogens is 250 g/mol. The second-order valence-corrected chi connectivity index (χ2v) is 6.56. The van der Waals surface area contributed by atoms with Crippen molar-refractivity contribution in [1.82, 2.24) is 5.32 Å². The van der Waals surface area contributed by atoms with Crippen molar-refractivity contribution in [2.24, 2.45) is 5.92 Å². The molecule has 2 aromatic rings. The van der Waals surface area contributed by atoms with E-state index in [-0.39, 0.29) is 0 Å². The lowest BCUT2D eigenvalue weighted by Crippen LogP contribution is -2.13. The van der Waals surface area contributed by atoms with E-state index in [2.05, 4.69) is 47.8 Å². The minimum absolute atomic E-state index is 1.02. The number of nitrogens with one attached hydrogen (secondary N) is 1. The molecule has 0 radical (unpaired) electrons. The van der Waals surface area contributed by atoms with E-state index in [0.717, 1.165) is 19.0 Å². The van der Waals surface area contributed by atoms with Gasteiger partial charge in [0.05, 0.1) is 0 Å². The van der Waals surface area contributed by atoms with Gasteiger partial charge in [0.1, 0.15) is 0 Å². The number of rotatable bonds is 7. The van der Waals surface area contributed by atoms with E-state index in [4.69, 9.17) is 0 Å². The maximum atomic E-state index is 3.56. The highest BCUT2D eigenvalue weighted by atomic mass is 32.1. The lowest BCUT2D eigenvalue weighted by atomic mass is 10.2. The lowest BCUT2D eigenvalue weighted by Gasteiger charge is -2.02. The Kier molecular flexibility index (Phi) is 4.31.